The largest absolute Gasteiger partial charge is 0.479 e. The molecule has 1 N–H and O–H groups in total. The monoisotopic (exact) mass is 238 g/mol. The molecule has 0 bridgehead atoms. The minimum Gasteiger partial charge on any atom is -0.479 e. The lowest BCUT2D eigenvalue weighted by Gasteiger charge is -2.25. The van der Waals surface area contributed by atoms with Gasteiger partial charge in [-0.3, -0.25) is 0 Å². The maximum absolute atomic E-state index is 12.8. The van der Waals surface area contributed by atoms with Gasteiger partial charge in [0.1, 0.15) is 5.82 Å². The second-order valence-corrected chi connectivity index (χ2v) is 3.77. The molecular weight excluding hydrogens is 223 g/mol. The van der Waals surface area contributed by atoms with Crippen molar-refractivity contribution in [2.75, 3.05) is 6.61 Å². The van der Waals surface area contributed by atoms with Gasteiger partial charge in [-0.05, 0) is 31.0 Å². The Balaban J connectivity index is 2.94. The van der Waals surface area contributed by atoms with Crippen molar-refractivity contribution in [2.24, 2.45) is 0 Å². The molecule has 0 aliphatic rings. The zero-order valence-electron chi connectivity index (χ0n) is 9.65. The van der Waals surface area contributed by atoms with E-state index in [0.717, 1.165) is 0 Å². The van der Waals surface area contributed by atoms with Gasteiger partial charge in [-0.15, -0.1) is 6.58 Å². The molecule has 3 nitrogen and oxygen atoms in total. The van der Waals surface area contributed by atoms with E-state index in [9.17, 15) is 14.3 Å². The summed E-state index contributed by atoms with van der Waals surface area (Å²) in [7, 11) is 0. The Bertz CT molecular complexity index is 400. The summed E-state index contributed by atoms with van der Waals surface area (Å²) in [5.74, 6) is -1.51. The second kappa shape index (κ2) is 5.59. The first-order valence-corrected chi connectivity index (χ1v) is 5.25. The number of rotatable bonds is 6. The average Bonchev–Trinajstić information content (AvgIpc) is 2.29. The standard InChI is InChI=1S/C13H15FO3/c1-3-4-9-17-13(2,12(15)16)10-5-7-11(14)8-6-10/h3,5-8H,1,4,9H2,2H3,(H,15,16). The Morgan fingerprint density at radius 2 is 2.12 bits per heavy atom. The summed E-state index contributed by atoms with van der Waals surface area (Å²) in [6, 6.07) is 5.26. The molecule has 1 rings (SSSR count). The summed E-state index contributed by atoms with van der Waals surface area (Å²) in [6.45, 7) is 5.24. The second-order valence-electron chi connectivity index (χ2n) is 3.77. The maximum atomic E-state index is 12.8. The number of carboxylic acid groups (broad SMARTS) is 1. The van der Waals surface area contributed by atoms with Gasteiger partial charge in [-0.25, -0.2) is 9.18 Å². The third kappa shape index (κ3) is 3.14. The Hall–Kier alpha value is -1.68. The van der Waals surface area contributed by atoms with Gasteiger partial charge in [0.2, 0.25) is 0 Å². The van der Waals surface area contributed by atoms with Crippen LogP contribution < -0.4 is 0 Å². The Kier molecular flexibility index (Phi) is 4.40. The predicted octanol–water partition coefficient (Wildman–Crippen LogP) is 2.72. The number of hydrogen-bond acceptors (Lipinski definition) is 2. The Morgan fingerprint density at radius 1 is 1.53 bits per heavy atom. The van der Waals surface area contributed by atoms with Crippen LogP contribution in [0.5, 0.6) is 0 Å². The number of aliphatic carboxylic acids is 1. The van der Waals surface area contributed by atoms with Crippen LogP contribution in [0.2, 0.25) is 0 Å². The van der Waals surface area contributed by atoms with E-state index in [-0.39, 0.29) is 6.61 Å². The minimum absolute atomic E-state index is 0.254. The molecule has 1 aromatic carbocycles. The van der Waals surface area contributed by atoms with Crippen molar-refractivity contribution in [2.45, 2.75) is 18.9 Å². The zero-order valence-corrected chi connectivity index (χ0v) is 9.65. The van der Waals surface area contributed by atoms with Crippen LogP contribution >= 0.6 is 0 Å². The van der Waals surface area contributed by atoms with E-state index in [1.165, 1.54) is 31.2 Å². The highest BCUT2D eigenvalue weighted by Crippen LogP contribution is 2.26. The van der Waals surface area contributed by atoms with Gasteiger partial charge in [-0.2, -0.15) is 0 Å². The van der Waals surface area contributed by atoms with Crippen LogP contribution in [0, 0.1) is 5.82 Å². The van der Waals surface area contributed by atoms with Crippen molar-refractivity contribution < 1.29 is 19.0 Å². The molecule has 0 fully saturated rings. The minimum atomic E-state index is -1.46. The number of hydrogen-bond donors (Lipinski definition) is 1. The van der Waals surface area contributed by atoms with E-state index in [0.29, 0.717) is 12.0 Å². The molecule has 0 aliphatic heterocycles. The zero-order chi connectivity index (χ0) is 12.9. The summed E-state index contributed by atoms with van der Waals surface area (Å²) in [5, 5.41) is 9.21. The average molecular weight is 238 g/mol. The molecule has 0 saturated carbocycles. The highest BCUT2D eigenvalue weighted by atomic mass is 19.1. The number of carbonyl (C=O) groups is 1. The van der Waals surface area contributed by atoms with Crippen molar-refractivity contribution in [3.63, 3.8) is 0 Å². The van der Waals surface area contributed by atoms with Crippen molar-refractivity contribution >= 4 is 5.97 Å². The summed E-state index contributed by atoms with van der Waals surface area (Å²) in [4.78, 5) is 11.3. The van der Waals surface area contributed by atoms with Crippen LogP contribution in [0.4, 0.5) is 4.39 Å². The first-order chi connectivity index (χ1) is 8.00. The normalized spacial score (nSPS) is 14.0. The first kappa shape index (κ1) is 13.4. The van der Waals surface area contributed by atoms with Crippen LogP contribution in [-0.4, -0.2) is 17.7 Å². The molecule has 0 aromatic heterocycles. The topological polar surface area (TPSA) is 46.5 Å². The van der Waals surface area contributed by atoms with Gasteiger partial charge in [0.05, 0.1) is 6.61 Å². The van der Waals surface area contributed by atoms with Crippen LogP contribution in [0.1, 0.15) is 18.9 Å². The van der Waals surface area contributed by atoms with Crippen LogP contribution in [-0.2, 0) is 15.1 Å². The van der Waals surface area contributed by atoms with Crippen LogP contribution in [0.15, 0.2) is 36.9 Å². The number of carboxylic acids is 1. The van der Waals surface area contributed by atoms with Gasteiger partial charge < -0.3 is 9.84 Å². The highest BCUT2D eigenvalue weighted by molar-refractivity contribution is 5.78. The Labute approximate surface area is 99.5 Å². The van der Waals surface area contributed by atoms with Crippen molar-refractivity contribution in [1.82, 2.24) is 0 Å². The smallest absolute Gasteiger partial charge is 0.340 e. The summed E-state index contributed by atoms with van der Waals surface area (Å²) in [6.07, 6.45) is 2.21. The first-order valence-electron chi connectivity index (χ1n) is 5.25. The fourth-order valence-corrected chi connectivity index (χ4v) is 1.38. The van der Waals surface area contributed by atoms with Gasteiger partial charge in [0.15, 0.2) is 5.60 Å². The molecule has 17 heavy (non-hydrogen) atoms. The van der Waals surface area contributed by atoms with Crippen molar-refractivity contribution in [1.29, 1.82) is 0 Å². The SMILES string of the molecule is C=CCCOC(C)(C(=O)O)c1ccc(F)cc1. The van der Waals surface area contributed by atoms with Gasteiger partial charge in [-0.1, -0.05) is 18.2 Å². The van der Waals surface area contributed by atoms with E-state index in [1.54, 1.807) is 6.08 Å². The van der Waals surface area contributed by atoms with Crippen LogP contribution in [0.25, 0.3) is 0 Å². The predicted molar refractivity (Wildman–Crippen MR) is 62.2 cm³/mol. The summed E-state index contributed by atoms with van der Waals surface area (Å²) >= 11 is 0. The van der Waals surface area contributed by atoms with Crippen LogP contribution in [0.3, 0.4) is 0 Å². The molecule has 1 aromatic rings. The molecule has 0 radical (unpaired) electrons. The molecule has 0 spiro atoms. The molecule has 92 valence electrons. The number of ether oxygens (including phenoxy) is 1. The van der Waals surface area contributed by atoms with E-state index in [1.807, 2.05) is 0 Å². The Morgan fingerprint density at radius 3 is 2.59 bits per heavy atom. The van der Waals surface area contributed by atoms with E-state index < -0.39 is 17.4 Å². The molecule has 0 heterocycles. The summed E-state index contributed by atoms with van der Waals surface area (Å²) in [5.41, 5.74) is -1.05. The van der Waals surface area contributed by atoms with Gasteiger partial charge >= 0.3 is 5.97 Å². The maximum Gasteiger partial charge on any atom is 0.340 e. The lowest BCUT2D eigenvalue weighted by Crippen LogP contribution is -2.35. The molecule has 4 heteroatoms. The molecule has 0 amide bonds. The van der Waals surface area contributed by atoms with E-state index in [2.05, 4.69) is 6.58 Å². The van der Waals surface area contributed by atoms with Gasteiger partial charge in [0, 0.05) is 0 Å². The van der Waals surface area contributed by atoms with E-state index in [4.69, 9.17) is 4.74 Å². The summed E-state index contributed by atoms with van der Waals surface area (Å²) < 4.78 is 18.1. The molecule has 1 unspecified atom stereocenters. The van der Waals surface area contributed by atoms with Crippen molar-refractivity contribution in [3.8, 4) is 0 Å². The fourth-order valence-electron chi connectivity index (χ4n) is 1.38. The quantitative estimate of drug-likeness (QED) is 0.612. The molecular formula is C13H15FO3. The van der Waals surface area contributed by atoms with Gasteiger partial charge in [0.25, 0.3) is 0 Å². The fraction of sp³-hybridized carbons (Fsp3) is 0.308. The third-order valence-corrected chi connectivity index (χ3v) is 2.52. The van der Waals surface area contributed by atoms with E-state index >= 15 is 0 Å². The lowest BCUT2D eigenvalue weighted by atomic mass is 9.96. The molecule has 0 aliphatic carbocycles. The number of benzene rings is 1. The molecule has 0 saturated heterocycles. The number of halogens is 1. The lowest BCUT2D eigenvalue weighted by molar-refractivity contribution is -0.165. The molecule has 1 atom stereocenters. The van der Waals surface area contributed by atoms with Crippen molar-refractivity contribution in [3.05, 3.63) is 48.3 Å². The highest BCUT2D eigenvalue weighted by Gasteiger charge is 2.36. The third-order valence-electron chi connectivity index (χ3n) is 2.52.